The predicted molar refractivity (Wildman–Crippen MR) is 73.4 cm³/mol. The van der Waals surface area contributed by atoms with E-state index in [1.54, 1.807) is 30.3 Å². The van der Waals surface area contributed by atoms with Crippen LogP contribution in [0.5, 0.6) is 0 Å². The summed E-state index contributed by atoms with van der Waals surface area (Å²) in [6.07, 6.45) is 1.52. The van der Waals surface area contributed by atoms with Crippen LogP contribution < -0.4 is 5.32 Å². The lowest BCUT2D eigenvalue weighted by molar-refractivity contribution is 0.102. The molecule has 3 nitrogen and oxygen atoms in total. The Bertz CT molecular complexity index is 582. The number of benzene rings is 1. The van der Waals surface area contributed by atoms with Crippen LogP contribution in [0.15, 0.2) is 36.5 Å². The summed E-state index contributed by atoms with van der Waals surface area (Å²) in [6, 6.07) is 8.54. The number of halogens is 2. The Hall–Kier alpha value is -1.58. The van der Waals surface area contributed by atoms with Gasteiger partial charge in [-0.15, -0.1) is 0 Å². The zero-order valence-corrected chi connectivity index (χ0v) is 11.1. The fraction of sp³-hybridized carbons (Fsp3) is 0.0769. The number of rotatable bonds is 2. The van der Waals surface area contributed by atoms with Gasteiger partial charge in [-0.25, -0.2) is 0 Å². The van der Waals surface area contributed by atoms with E-state index in [9.17, 15) is 4.79 Å². The minimum absolute atomic E-state index is 0.272. The summed E-state index contributed by atoms with van der Waals surface area (Å²) in [7, 11) is 0. The molecule has 0 spiro atoms. The summed E-state index contributed by atoms with van der Waals surface area (Å²) in [5, 5.41) is 3.42. The molecule has 0 bridgehead atoms. The molecule has 2 aromatic rings. The summed E-state index contributed by atoms with van der Waals surface area (Å²) < 4.78 is 0. The number of nitrogens with zero attached hydrogens (tertiary/aromatic N) is 1. The van der Waals surface area contributed by atoms with Gasteiger partial charge in [0.15, 0.2) is 0 Å². The van der Waals surface area contributed by atoms with Crippen LogP contribution >= 0.6 is 23.2 Å². The quantitative estimate of drug-likeness (QED) is 0.905. The first kappa shape index (κ1) is 12.9. The van der Waals surface area contributed by atoms with Crippen molar-refractivity contribution in [1.82, 2.24) is 4.98 Å². The summed E-state index contributed by atoms with van der Waals surface area (Å²) in [6.45, 7) is 1.86. The lowest BCUT2D eigenvalue weighted by Gasteiger charge is -2.08. The lowest BCUT2D eigenvalue weighted by Crippen LogP contribution is -2.12. The molecule has 0 radical (unpaired) electrons. The Labute approximate surface area is 115 Å². The van der Waals surface area contributed by atoms with Gasteiger partial charge in [-0.2, -0.15) is 0 Å². The minimum atomic E-state index is -0.272. The predicted octanol–water partition coefficient (Wildman–Crippen LogP) is 3.95. The van der Waals surface area contributed by atoms with Crippen molar-refractivity contribution in [3.63, 3.8) is 0 Å². The van der Waals surface area contributed by atoms with E-state index in [0.717, 1.165) is 5.69 Å². The highest BCUT2D eigenvalue weighted by molar-refractivity contribution is 6.44. The second-order valence-electron chi connectivity index (χ2n) is 3.74. The maximum absolute atomic E-state index is 11.9. The lowest BCUT2D eigenvalue weighted by atomic mass is 10.2. The standard InChI is InChI=1S/C13H10Cl2N2O/c1-8-5-6-9(7-16-8)13(18)17-11-4-2-3-10(14)12(11)15/h2-7H,1H3,(H,17,18). The monoisotopic (exact) mass is 280 g/mol. The van der Waals surface area contributed by atoms with Crippen molar-refractivity contribution in [2.24, 2.45) is 0 Å². The van der Waals surface area contributed by atoms with Crippen LogP contribution in [0.1, 0.15) is 16.1 Å². The third-order valence-corrected chi connectivity index (χ3v) is 3.19. The number of amides is 1. The Morgan fingerprint density at radius 2 is 2.00 bits per heavy atom. The van der Waals surface area contributed by atoms with Gasteiger partial charge in [-0.3, -0.25) is 9.78 Å². The Morgan fingerprint density at radius 1 is 1.22 bits per heavy atom. The molecule has 0 unspecified atom stereocenters. The second kappa shape index (κ2) is 5.38. The summed E-state index contributed by atoms with van der Waals surface area (Å²) in [5.41, 5.74) is 1.80. The number of carbonyl (C=O) groups is 1. The first-order chi connectivity index (χ1) is 8.58. The summed E-state index contributed by atoms with van der Waals surface area (Å²) >= 11 is 11.9. The van der Waals surface area contributed by atoms with Crippen LogP contribution in [-0.2, 0) is 0 Å². The van der Waals surface area contributed by atoms with Gasteiger partial charge in [0.1, 0.15) is 0 Å². The van der Waals surface area contributed by atoms with Crippen molar-refractivity contribution in [2.75, 3.05) is 5.32 Å². The molecule has 1 heterocycles. The van der Waals surface area contributed by atoms with Crippen molar-refractivity contribution in [1.29, 1.82) is 0 Å². The normalized spacial score (nSPS) is 10.2. The van der Waals surface area contributed by atoms with E-state index in [-0.39, 0.29) is 5.91 Å². The molecule has 1 aromatic heterocycles. The van der Waals surface area contributed by atoms with Crippen molar-refractivity contribution in [3.8, 4) is 0 Å². The molecule has 2 rings (SSSR count). The molecule has 0 fully saturated rings. The zero-order valence-electron chi connectivity index (χ0n) is 9.58. The molecule has 0 aliphatic heterocycles. The Morgan fingerprint density at radius 3 is 2.67 bits per heavy atom. The highest BCUT2D eigenvalue weighted by Gasteiger charge is 2.10. The molecule has 1 N–H and O–H groups in total. The Balaban J connectivity index is 2.21. The number of hydrogen-bond donors (Lipinski definition) is 1. The van der Waals surface area contributed by atoms with Gasteiger partial charge >= 0.3 is 0 Å². The van der Waals surface area contributed by atoms with E-state index in [1.807, 2.05) is 6.92 Å². The number of anilines is 1. The number of carbonyl (C=O) groups excluding carboxylic acids is 1. The van der Waals surface area contributed by atoms with Crippen LogP contribution in [0.4, 0.5) is 5.69 Å². The molecule has 1 aromatic carbocycles. The fourth-order valence-electron chi connectivity index (χ4n) is 1.40. The first-order valence-electron chi connectivity index (χ1n) is 5.26. The summed E-state index contributed by atoms with van der Waals surface area (Å²) in [4.78, 5) is 16.0. The molecular weight excluding hydrogens is 271 g/mol. The van der Waals surface area contributed by atoms with Crippen LogP contribution in [-0.4, -0.2) is 10.9 Å². The largest absolute Gasteiger partial charge is 0.321 e. The van der Waals surface area contributed by atoms with Crippen molar-refractivity contribution < 1.29 is 4.79 Å². The summed E-state index contributed by atoms with van der Waals surface area (Å²) in [5.74, 6) is -0.272. The van der Waals surface area contributed by atoms with E-state index in [2.05, 4.69) is 10.3 Å². The second-order valence-corrected chi connectivity index (χ2v) is 4.53. The SMILES string of the molecule is Cc1ccc(C(=O)Nc2cccc(Cl)c2Cl)cn1. The topological polar surface area (TPSA) is 42.0 Å². The third-order valence-electron chi connectivity index (χ3n) is 2.37. The van der Waals surface area contributed by atoms with Gasteiger partial charge in [0.2, 0.25) is 0 Å². The molecule has 92 valence electrons. The van der Waals surface area contributed by atoms with Crippen LogP contribution in [0, 0.1) is 6.92 Å². The number of pyridine rings is 1. The van der Waals surface area contributed by atoms with Gasteiger partial charge in [-0.1, -0.05) is 29.3 Å². The van der Waals surface area contributed by atoms with E-state index in [0.29, 0.717) is 21.3 Å². The number of hydrogen-bond acceptors (Lipinski definition) is 2. The molecule has 0 saturated carbocycles. The molecule has 0 aliphatic rings. The van der Waals surface area contributed by atoms with Gasteiger partial charge in [0.25, 0.3) is 5.91 Å². The number of aromatic nitrogens is 1. The van der Waals surface area contributed by atoms with E-state index in [4.69, 9.17) is 23.2 Å². The first-order valence-corrected chi connectivity index (χ1v) is 6.01. The average molecular weight is 281 g/mol. The van der Waals surface area contributed by atoms with Gasteiger partial charge in [0.05, 0.1) is 21.3 Å². The molecule has 5 heteroatoms. The molecule has 0 aliphatic carbocycles. The van der Waals surface area contributed by atoms with Crippen LogP contribution in [0.25, 0.3) is 0 Å². The van der Waals surface area contributed by atoms with E-state index >= 15 is 0 Å². The van der Waals surface area contributed by atoms with E-state index < -0.39 is 0 Å². The fourth-order valence-corrected chi connectivity index (χ4v) is 1.74. The average Bonchev–Trinajstić information content (AvgIpc) is 2.36. The maximum Gasteiger partial charge on any atom is 0.257 e. The van der Waals surface area contributed by atoms with Gasteiger partial charge in [-0.05, 0) is 31.2 Å². The number of nitrogens with one attached hydrogen (secondary N) is 1. The molecule has 0 atom stereocenters. The van der Waals surface area contributed by atoms with E-state index in [1.165, 1.54) is 6.20 Å². The third kappa shape index (κ3) is 2.81. The molecule has 1 amide bonds. The van der Waals surface area contributed by atoms with Crippen LogP contribution in [0.2, 0.25) is 10.0 Å². The van der Waals surface area contributed by atoms with Crippen molar-refractivity contribution >= 4 is 34.8 Å². The maximum atomic E-state index is 11.9. The molecule has 0 saturated heterocycles. The van der Waals surface area contributed by atoms with Gasteiger partial charge < -0.3 is 5.32 Å². The molecular formula is C13H10Cl2N2O. The smallest absolute Gasteiger partial charge is 0.257 e. The highest BCUT2D eigenvalue weighted by atomic mass is 35.5. The van der Waals surface area contributed by atoms with Crippen molar-refractivity contribution in [2.45, 2.75) is 6.92 Å². The van der Waals surface area contributed by atoms with Gasteiger partial charge in [0, 0.05) is 11.9 Å². The number of aryl methyl sites for hydroxylation is 1. The molecule has 18 heavy (non-hydrogen) atoms. The Kier molecular flexibility index (Phi) is 3.84. The zero-order chi connectivity index (χ0) is 13.1. The van der Waals surface area contributed by atoms with Crippen molar-refractivity contribution in [3.05, 3.63) is 57.8 Å². The minimum Gasteiger partial charge on any atom is -0.321 e. The van der Waals surface area contributed by atoms with Crippen LogP contribution in [0.3, 0.4) is 0 Å². The highest BCUT2D eigenvalue weighted by Crippen LogP contribution is 2.29.